The summed E-state index contributed by atoms with van der Waals surface area (Å²) in [6.45, 7) is 3.21. The van der Waals surface area contributed by atoms with Crippen molar-refractivity contribution in [2.75, 3.05) is 5.32 Å². The number of rotatable bonds is 5. The minimum Gasteiger partial charge on any atom is -0.545 e. The van der Waals surface area contributed by atoms with Gasteiger partial charge in [0.05, 0.1) is 16.7 Å². The van der Waals surface area contributed by atoms with Crippen LogP contribution in [0.4, 0.5) is 5.69 Å². The van der Waals surface area contributed by atoms with Crippen LogP contribution in [0.25, 0.3) is 0 Å². The van der Waals surface area contributed by atoms with Crippen molar-refractivity contribution in [2.45, 2.75) is 20.0 Å². The number of anilines is 1. The third-order valence-electron chi connectivity index (χ3n) is 3.31. The number of hydrogen-bond donors (Lipinski definition) is 1. The number of carboxylic acids is 1. The Morgan fingerprint density at radius 3 is 2.54 bits per heavy atom. The van der Waals surface area contributed by atoms with Gasteiger partial charge >= 0.3 is 0 Å². The van der Waals surface area contributed by atoms with Crippen LogP contribution in [0.3, 0.4) is 0 Å². The number of carbonyl (C=O) groups is 2. The number of para-hydroxylation sites is 1. The molecule has 0 fully saturated rings. The summed E-state index contributed by atoms with van der Waals surface area (Å²) in [6.07, 6.45) is -0.905. The van der Waals surface area contributed by atoms with Gasteiger partial charge in [0.15, 0.2) is 6.10 Å². The highest BCUT2D eigenvalue weighted by Gasteiger charge is 2.19. The second-order valence-corrected chi connectivity index (χ2v) is 5.95. The van der Waals surface area contributed by atoms with Crippen LogP contribution in [-0.4, -0.2) is 18.0 Å². The predicted molar refractivity (Wildman–Crippen MR) is 90.7 cm³/mol. The molecule has 0 aliphatic heterocycles. The highest BCUT2D eigenvalue weighted by Crippen LogP contribution is 2.28. The van der Waals surface area contributed by atoms with Gasteiger partial charge in [-0.15, -0.1) is 0 Å². The van der Waals surface area contributed by atoms with Gasteiger partial charge in [-0.05, 0) is 37.6 Å². The zero-order valence-corrected chi connectivity index (χ0v) is 14.4. The van der Waals surface area contributed by atoms with Crippen molar-refractivity contribution >= 4 is 40.8 Å². The SMILES string of the molecule is Cc1cccc(C(=O)[O-])c1NC(=O)[C@@H](C)Oc1ccc(Cl)cc1Cl. The number of hydrogen-bond acceptors (Lipinski definition) is 4. The third kappa shape index (κ3) is 4.19. The van der Waals surface area contributed by atoms with E-state index in [9.17, 15) is 14.7 Å². The van der Waals surface area contributed by atoms with E-state index in [-0.39, 0.29) is 16.3 Å². The average Bonchev–Trinajstić information content (AvgIpc) is 2.51. The van der Waals surface area contributed by atoms with E-state index in [2.05, 4.69) is 5.32 Å². The number of halogens is 2. The van der Waals surface area contributed by atoms with Gasteiger partial charge in [-0.1, -0.05) is 41.4 Å². The lowest BCUT2D eigenvalue weighted by molar-refractivity contribution is -0.254. The highest BCUT2D eigenvalue weighted by atomic mass is 35.5. The zero-order chi connectivity index (χ0) is 17.9. The molecule has 24 heavy (non-hydrogen) atoms. The van der Waals surface area contributed by atoms with Crippen molar-refractivity contribution in [3.05, 3.63) is 57.6 Å². The summed E-state index contributed by atoms with van der Waals surface area (Å²) >= 11 is 11.8. The number of ether oxygens (including phenoxy) is 1. The second kappa shape index (κ2) is 7.55. The molecule has 1 atom stereocenters. The van der Waals surface area contributed by atoms with Gasteiger partial charge in [0.1, 0.15) is 5.75 Å². The normalized spacial score (nSPS) is 11.7. The summed E-state index contributed by atoms with van der Waals surface area (Å²) in [7, 11) is 0. The predicted octanol–water partition coefficient (Wildman–Crippen LogP) is 3.07. The lowest BCUT2D eigenvalue weighted by atomic mass is 10.1. The Bertz CT molecular complexity index is 792. The first-order valence-corrected chi connectivity index (χ1v) is 7.78. The summed E-state index contributed by atoms with van der Waals surface area (Å²) in [5.41, 5.74) is 0.682. The van der Waals surface area contributed by atoms with E-state index in [0.717, 1.165) is 0 Å². The van der Waals surface area contributed by atoms with Crippen molar-refractivity contribution in [3.8, 4) is 5.75 Å². The molecule has 126 valence electrons. The van der Waals surface area contributed by atoms with Crippen LogP contribution in [-0.2, 0) is 4.79 Å². The van der Waals surface area contributed by atoms with Gasteiger partial charge in [0.2, 0.25) is 0 Å². The Morgan fingerprint density at radius 2 is 1.92 bits per heavy atom. The molecule has 2 aromatic carbocycles. The van der Waals surface area contributed by atoms with Crippen molar-refractivity contribution < 1.29 is 19.4 Å². The minimum atomic E-state index is -1.37. The summed E-state index contributed by atoms with van der Waals surface area (Å²) in [6, 6.07) is 9.25. The van der Waals surface area contributed by atoms with E-state index in [0.29, 0.717) is 16.3 Å². The molecule has 5 nitrogen and oxygen atoms in total. The minimum absolute atomic E-state index is 0.0972. The highest BCUT2D eigenvalue weighted by molar-refractivity contribution is 6.35. The van der Waals surface area contributed by atoms with Crippen LogP contribution in [0, 0.1) is 6.92 Å². The Hall–Kier alpha value is -2.24. The van der Waals surface area contributed by atoms with Gasteiger partial charge in [-0.3, -0.25) is 4.79 Å². The quantitative estimate of drug-likeness (QED) is 0.881. The summed E-state index contributed by atoms with van der Waals surface area (Å²) in [5.74, 6) is -1.59. The number of carboxylic acid groups (broad SMARTS) is 1. The number of aromatic carboxylic acids is 1. The molecule has 1 N–H and O–H groups in total. The van der Waals surface area contributed by atoms with E-state index in [1.807, 2.05) is 0 Å². The summed E-state index contributed by atoms with van der Waals surface area (Å²) in [5, 5.41) is 14.4. The molecule has 0 radical (unpaired) electrons. The standard InChI is InChI=1S/C17H15Cl2NO4/c1-9-4-3-5-12(17(22)23)15(9)20-16(21)10(2)24-14-7-6-11(18)8-13(14)19/h3-8,10H,1-2H3,(H,20,21)(H,22,23)/p-1/t10-/m1/s1. The van der Waals surface area contributed by atoms with Crippen LogP contribution in [0.1, 0.15) is 22.8 Å². The van der Waals surface area contributed by atoms with E-state index >= 15 is 0 Å². The largest absolute Gasteiger partial charge is 0.545 e. The summed E-state index contributed by atoms with van der Waals surface area (Å²) < 4.78 is 5.51. The van der Waals surface area contributed by atoms with Gasteiger partial charge in [-0.25, -0.2) is 0 Å². The van der Waals surface area contributed by atoms with Gasteiger partial charge in [0, 0.05) is 10.6 Å². The molecule has 2 aromatic rings. The molecular weight excluding hydrogens is 353 g/mol. The molecule has 1 amide bonds. The number of benzene rings is 2. The Morgan fingerprint density at radius 1 is 1.21 bits per heavy atom. The summed E-state index contributed by atoms with van der Waals surface area (Å²) in [4.78, 5) is 23.5. The van der Waals surface area contributed by atoms with E-state index in [1.165, 1.54) is 19.1 Å². The maximum atomic E-state index is 12.3. The van der Waals surface area contributed by atoms with E-state index < -0.39 is 18.0 Å². The Kier molecular flexibility index (Phi) is 5.70. The number of aryl methyl sites for hydroxylation is 1. The third-order valence-corrected chi connectivity index (χ3v) is 3.84. The molecular formula is C17H14Cl2NO4-. The first-order chi connectivity index (χ1) is 11.3. The van der Waals surface area contributed by atoms with Gasteiger partial charge in [0.25, 0.3) is 5.91 Å². The number of nitrogens with one attached hydrogen (secondary N) is 1. The molecule has 7 heteroatoms. The first-order valence-electron chi connectivity index (χ1n) is 7.03. The van der Waals surface area contributed by atoms with Crippen LogP contribution < -0.4 is 15.2 Å². The zero-order valence-electron chi connectivity index (χ0n) is 12.9. The maximum absolute atomic E-state index is 12.3. The molecule has 0 heterocycles. The smallest absolute Gasteiger partial charge is 0.265 e. The molecule has 0 spiro atoms. The van der Waals surface area contributed by atoms with Crippen molar-refractivity contribution in [1.82, 2.24) is 0 Å². The topological polar surface area (TPSA) is 78.5 Å². The van der Waals surface area contributed by atoms with Crippen LogP contribution in [0.15, 0.2) is 36.4 Å². The second-order valence-electron chi connectivity index (χ2n) is 5.11. The fraction of sp³-hybridized carbons (Fsp3) is 0.176. The molecule has 0 aliphatic carbocycles. The molecule has 2 rings (SSSR count). The fourth-order valence-corrected chi connectivity index (χ4v) is 2.50. The molecule has 0 unspecified atom stereocenters. The molecule has 0 bridgehead atoms. The maximum Gasteiger partial charge on any atom is 0.265 e. The van der Waals surface area contributed by atoms with E-state index in [1.54, 1.807) is 31.2 Å². The van der Waals surface area contributed by atoms with Gasteiger partial charge in [-0.2, -0.15) is 0 Å². The van der Waals surface area contributed by atoms with Crippen molar-refractivity contribution in [1.29, 1.82) is 0 Å². The lowest BCUT2D eigenvalue weighted by Gasteiger charge is -2.19. The molecule has 0 aromatic heterocycles. The van der Waals surface area contributed by atoms with Crippen LogP contribution in [0.2, 0.25) is 10.0 Å². The first kappa shape index (κ1) is 18.1. The van der Waals surface area contributed by atoms with E-state index in [4.69, 9.17) is 27.9 Å². The van der Waals surface area contributed by atoms with Crippen LogP contribution in [0.5, 0.6) is 5.75 Å². The number of carbonyl (C=O) groups excluding carboxylic acids is 2. The van der Waals surface area contributed by atoms with Gasteiger partial charge < -0.3 is 20.0 Å². The average molecular weight is 367 g/mol. The number of amides is 1. The van der Waals surface area contributed by atoms with Crippen molar-refractivity contribution in [3.63, 3.8) is 0 Å². The lowest BCUT2D eigenvalue weighted by Crippen LogP contribution is -2.32. The van der Waals surface area contributed by atoms with Crippen molar-refractivity contribution in [2.24, 2.45) is 0 Å². The van der Waals surface area contributed by atoms with Crippen LogP contribution >= 0.6 is 23.2 Å². The Labute approximate surface area is 149 Å². The molecule has 0 aliphatic rings. The fourth-order valence-electron chi connectivity index (χ4n) is 2.04. The Balaban J connectivity index is 2.16. The molecule has 0 saturated carbocycles. The monoisotopic (exact) mass is 366 g/mol. The molecule has 0 saturated heterocycles.